The largest absolute Gasteiger partial charge is 0.496 e. The number of alkyl halides is 3. The molecule has 0 aliphatic carbocycles. The van der Waals surface area contributed by atoms with Gasteiger partial charge in [0.25, 0.3) is 0 Å². The molecule has 0 amide bonds. The monoisotopic (exact) mass is 365 g/mol. The Balaban J connectivity index is 2.60. The van der Waals surface area contributed by atoms with Crippen molar-refractivity contribution in [3.05, 3.63) is 23.8 Å². The number of sulfonamides is 1. The van der Waals surface area contributed by atoms with Crippen LogP contribution < -0.4 is 10.2 Å². The van der Waals surface area contributed by atoms with Gasteiger partial charge in [-0.05, 0) is 40.8 Å². The van der Waals surface area contributed by atoms with Gasteiger partial charge in [-0.1, -0.05) is 12.1 Å². The first-order chi connectivity index (χ1) is 10.7. The van der Waals surface area contributed by atoms with E-state index in [1.165, 1.54) is 0 Å². The number of halogens is 3. The van der Waals surface area contributed by atoms with Crippen LogP contribution in [0, 0.1) is 0 Å². The Kier molecular flexibility index (Phi) is 4.58. The van der Waals surface area contributed by atoms with Crippen LogP contribution in [0.25, 0.3) is 0 Å². The van der Waals surface area contributed by atoms with Crippen molar-refractivity contribution in [2.45, 2.75) is 50.0 Å². The zero-order valence-electron chi connectivity index (χ0n) is 14.0. The van der Waals surface area contributed by atoms with Gasteiger partial charge in [-0.25, -0.2) is 13.1 Å². The molecule has 0 aromatic heterocycles. The van der Waals surface area contributed by atoms with E-state index in [1.54, 1.807) is 27.7 Å². The molecular weight excluding hydrogens is 346 g/mol. The normalized spacial score (nSPS) is 20.4. The Bertz CT molecular complexity index is 731. The summed E-state index contributed by atoms with van der Waals surface area (Å²) in [5.41, 5.74) is -2.53. The van der Waals surface area contributed by atoms with Crippen molar-refractivity contribution >= 4 is 22.6 Å². The zero-order valence-corrected chi connectivity index (χ0v) is 14.8. The van der Waals surface area contributed by atoms with Gasteiger partial charge in [-0.3, -0.25) is 0 Å². The molecule has 0 saturated carbocycles. The number of hydrogen-bond acceptors (Lipinski definition) is 4. The van der Waals surface area contributed by atoms with Gasteiger partial charge in [-0.2, -0.15) is 13.2 Å². The summed E-state index contributed by atoms with van der Waals surface area (Å²) in [6, 6.07) is 2.48. The quantitative estimate of drug-likeness (QED) is 0.832. The molecule has 5 nitrogen and oxygen atoms in total. The lowest BCUT2D eigenvalue weighted by Crippen LogP contribution is -2.41. The zero-order chi connectivity index (χ0) is 18.6. The Labute approximate surface area is 139 Å². The predicted molar refractivity (Wildman–Crippen MR) is 83.4 cm³/mol. The Morgan fingerprint density at radius 2 is 1.58 bits per heavy atom. The van der Waals surface area contributed by atoms with Crippen LogP contribution in [0.4, 0.5) is 13.2 Å². The number of nitrogens with one attached hydrogen (secondary N) is 1. The third-order valence-corrected chi connectivity index (χ3v) is 5.88. The van der Waals surface area contributed by atoms with Crippen molar-refractivity contribution in [3.8, 4) is 0 Å². The molecule has 1 saturated heterocycles. The highest BCUT2D eigenvalue weighted by atomic mass is 32.2. The molecule has 0 bridgehead atoms. The van der Waals surface area contributed by atoms with Crippen molar-refractivity contribution in [1.29, 1.82) is 0 Å². The van der Waals surface area contributed by atoms with Crippen LogP contribution in [-0.2, 0) is 25.5 Å². The fraction of sp³-hybridized carbons (Fsp3) is 0.571. The topological polar surface area (TPSA) is 64.6 Å². The lowest BCUT2D eigenvalue weighted by Gasteiger charge is -2.32. The van der Waals surface area contributed by atoms with Crippen LogP contribution in [0.5, 0.6) is 0 Å². The van der Waals surface area contributed by atoms with E-state index in [-0.39, 0.29) is 5.46 Å². The molecule has 0 radical (unpaired) electrons. The van der Waals surface area contributed by atoms with Crippen molar-refractivity contribution in [3.63, 3.8) is 0 Å². The maximum Gasteiger partial charge on any atom is 0.496 e. The Morgan fingerprint density at radius 3 is 2.00 bits per heavy atom. The van der Waals surface area contributed by atoms with Crippen molar-refractivity contribution in [1.82, 2.24) is 4.72 Å². The molecule has 0 atom stereocenters. The van der Waals surface area contributed by atoms with Crippen LogP contribution in [0.1, 0.15) is 33.3 Å². The van der Waals surface area contributed by atoms with Crippen LogP contribution in [-0.4, -0.2) is 33.8 Å². The van der Waals surface area contributed by atoms with Crippen LogP contribution in [0.2, 0.25) is 0 Å². The molecule has 1 heterocycles. The second-order valence-corrected chi connectivity index (χ2v) is 8.40. The SMILES string of the molecule is CNS(=O)(=O)c1cc(C(F)(F)F)ccc1B1OC(C)(C)C(C)(C)O1. The summed E-state index contributed by atoms with van der Waals surface area (Å²) in [5.74, 6) is 0. The highest BCUT2D eigenvalue weighted by Gasteiger charge is 2.53. The van der Waals surface area contributed by atoms with Gasteiger partial charge in [0.15, 0.2) is 0 Å². The Morgan fingerprint density at radius 1 is 1.08 bits per heavy atom. The predicted octanol–water partition coefficient (Wildman–Crippen LogP) is 1.91. The summed E-state index contributed by atoms with van der Waals surface area (Å²) in [6.07, 6.45) is -4.66. The second kappa shape index (κ2) is 5.72. The third kappa shape index (κ3) is 3.33. The van der Waals surface area contributed by atoms with E-state index in [0.717, 1.165) is 19.2 Å². The molecule has 0 unspecified atom stereocenters. The molecule has 1 aliphatic heterocycles. The lowest BCUT2D eigenvalue weighted by atomic mass is 9.78. The van der Waals surface area contributed by atoms with Crippen LogP contribution in [0.15, 0.2) is 23.1 Å². The second-order valence-electron chi connectivity index (χ2n) is 6.55. The minimum Gasteiger partial charge on any atom is -0.399 e. The molecule has 1 aromatic rings. The third-order valence-electron chi connectivity index (χ3n) is 4.41. The number of benzene rings is 1. The number of hydrogen-bond donors (Lipinski definition) is 1. The smallest absolute Gasteiger partial charge is 0.399 e. The average Bonchev–Trinajstić information content (AvgIpc) is 2.65. The molecule has 134 valence electrons. The van der Waals surface area contributed by atoms with Crippen molar-refractivity contribution in [2.24, 2.45) is 0 Å². The molecule has 1 fully saturated rings. The molecule has 1 N–H and O–H groups in total. The van der Waals surface area contributed by atoms with Crippen LogP contribution in [0.3, 0.4) is 0 Å². The fourth-order valence-electron chi connectivity index (χ4n) is 2.22. The molecule has 1 aliphatic rings. The minimum absolute atomic E-state index is 0.0241. The summed E-state index contributed by atoms with van der Waals surface area (Å²) in [5, 5.41) is 0. The summed E-state index contributed by atoms with van der Waals surface area (Å²) in [4.78, 5) is -0.515. The average molecular weight is 365 g/mol. The molecule has 0 spiro atoms. The highest BCUT2D eigenvalue weighted by molar-refractivity contribution is 7.89. The first-order valence-electron chi connectivity index (χ1n) is 7.21. The molecule has 1 aromatic carbocycles. The summed E-state index contributed by atoms with van der Waals surface area (Å²) in [6.45, 7) is 7.07. The van der Waals surface area contributed by atoms with E-state index in [1.807, 2.05) is 4.72 Å². The van der Waals surface area contributed by atoms with Gasteiger partial charge >= 0.3 is 13.3 Å². The lowest BCUT2D eigenvalue weighted by molar-refractivity contribution is -0.137. The van der Waals surface area contributed by atoms with Gasteiger partial charge < -0.3 is 9.31 Å². The fourth-order valence-corrected chi connectivity index (χ4v) is 3.19. The van der Waals surface area contributed by atoms with E-state index in [0.29, 0.717) is 6.07 Å². The van der Waals surface area contributed by atoms with Gasteiger partial charge in [0, 0.05) is 5.46 Å². The summed E-state index contributed by atoms with van der Waals surface area (Å²) >= 11 is 0. The van der Waals surface area contributed by atoms with Crippen molar-refractivity contribution < 1.29 is 30.9 Å². The molecule has 24 heavy (non-hydrogen) atoms. The maximum absolute atomic E-state index is 12.9. The van der Waals surface area contributed by atoms with Crippen LogP contribution >= 0.6 is 0 Å². The minimum atomic E-state index is -4.66. The molecular formula is C14H19BF3NO4S. The van der Waals surface area contributed by atoms with E-state index in [9.17, 15) is 21.6 Å². The summed E-state index contributed by atoms with van der Waals surface area (Å²) < 4.78 is 76.7. The van der Waals surface area contributed by atoms with Gasteiger partial charge in [-0.15, -0.1) is 0 Å². The standard InChI is InChI=1S/C14H19BF3NO4S/c1-12(2)13(3,4)23-15(22-12)10-7-6-9(14(16,17)18)8-11(10)24(20,21)19-5/h6-8,19H,1-5H3. The number of rotatable bonds is 3. The Hall–Kier alpha value is -1.10. The van der Waals surface area contributed by atoms with Gasteiger partial charge in [0.2, 0.25) is 10.0 Å². The van der Waals surface area contributed by atoms with Gasteiger partial charge in [0.05, 0.1) is 21.7 Å². The first kappa shape index (κ1) is 19.2. The molecule has 2 rings (SSSR count). The van der Waals surface area contributed by atoms with Crippen molar-refractivity contribution in [2.75, 3.05) is 7.05 Å². The van der Waals surface area contributed by atoms with Gasteiger partial charge in [0.1, 0.15) is 0 Å². The van der Waals surface area contributed by atoms with E-state index >= 15 is 0 Å². The maximum atomic E-state index is 12.9. The molecule has 10 heteroatoms. The highest BCUT2D eigenvalue weighted by Crippen LogP contribution is 2.37. The van der Waals surface area contributed by atoms with E-state index in [2.05, 4.69) is 0 Å². The van der Waals surface area contributed by atoms with E-state index < -0.39 is 45.0 Å². The van der Waals surface area contributed by atoms with E-state index in [4.69, 9.17) is 9.31 Å². The summed E-state index contributed by atoms with van der Waals surface area (Å²) in [7, 11) is -4.09. The first-order valence-corrected chi connectivity index (χ1v) is 8.70.